The molecule has 0 aliphatic carbocycles. The molecule has 1 heterocycles. The second-order valence-electron chi connectivity index (χ2n) is 2.80. The highest BCUT2D eigenvalue weighted by Crippen LogP contribution is 2.13. The van der Waals surface area contributed by atoms with E-state index in [0.29, 0.717) is 0 Å². The van der Waals surface area contributed by atoms with Crippen LogP contribution in [0.2, 0.25) is 0 Å². The largest absolute Gasteiger partial charge is 0.353 e. The van der Waals surface area contributed by atoms with Crippen LogP contribution >= 0.6 is 0 Å². The van der Waals surface area contributed by atoms with Crippen LogP contribution in [-0.2, 0) is 9.47 Å². The average Bonchev–Trinajstić information content (AvgIpc) is 2.14. The summed E-state index contributed by atoms with van der Waals surface area (Å²) in [5.41, 5.74) is 0. The van der Waals surface area contributed by atoms with E-state index in [1.807, 2.05) is 0 Å². The first-order valence-corrected chi connectivity index (χ1v) is 4.32. The molecule has 0 radical (unpaired) electrons. The van der Waals surface area contributed by atoms with Gasteiger partial charge in [-0.2, -0.15) is 0 Å². The summed E-state index contributed by atoms with van der Waals surface area (Å²) >= 11 is 0. The molecule has 5 heteroatoms. The molecule has 1 aliphatic heterocycles. The van der Waals surface area contributed by atoms with E-state index in [0.717, 1.165) is 32.1 Å². The van der Waals surface area contributed by atoms with Gasteiger partial charge in [-0.25, -0.2) is 0 Å². The Morgan fingerprint density at radius 2 is 2.46 bits per heavy atom. The molecule has 1 saturated heterocycles. The van der Waals surface area contributed by atoms with E-state index in [1.54, 1.807) is 0 Å². The van der Waals surface area contributed by atoms with Crippen molar-refractivity contribution in [2.45, 2.75) is 25.6 Å². The zero-order valence-corrected chi connectivity index (χ0v) is 7.35. The van der Waals surface area contributed by atoms with Crippen molar-refractivity contribution in [1.82, 2.24) is 0 Å². The first-order chi connectivity index (χ1) is 6.29. The fourth-order valence-corrected chi connectivity index (χ4v) is 1.13. The number of ether oxygens (including phenoxy) is 2. The van der Waals surface area contributed by atoms with Gasteiger partial charge in [0, 0.05) is 12.7 Å². The fourth-order valence-electron chi connectivity index (χ4n) is 1.13. The van der Waals surface area contributed by atoms with Crippen molar-refractivity contribution in [2.24, 2.45) is 0 Å². The van der Waals surface area contributed by atoms with Crippen LogP contribution in [0.4, 0.5) is 0 Å². The molecule has 13 heavy (non-hydrogen) atoms. The Kier molecular flexibility index (Phi) is 4.42. The number of rotatable bonds is 4. The predicted molar refractivity (Wildman–Crippen MR) is 45.7 cm³/mol. The first kappa shape index (κ1) is 10.1. The first-order valence-electron chi connectivity index (χ1n) is 4.32. The summed E-state index contributed by atoms with van der Waals surface area (Å²) in [6.45, 7) is 0.968. The summed E-state index contributed by atoms with van der Waals surface area (Å²) in [4.78, 5) is 9.37. The lowest BCUT2D eigenvalue weighted by Crippen LogP contribution is -2.22. The zero-order valence-electron chi connectivity index (χ0n) is 7.35. The van der Waals surface area contributed by atoms with Crippen molar-refractivity contribution in [3.05, 3.63) is 22.4 Å². The van der Waals surface area contributed by atoms with E-state index in [9.17, 15) is 10.1 Å². The standard InChI is InChI=1S/C8H13NO4/c10-9(11)5-3-7-13-8-4-1-2-6-12-8/h3,5,8H,1-2,4,6-7H2/b5-3+/t8-/m0/s1. The third-order valence-electron chi connectivity index (χ3n) is 1.74. The molecule has 74 valence electrons. The second kappa shape index (κ2) is 5.66. The monoisotopic (exact) mass is 187 g/mol. The van der Waals surface area contributed by atoms with Gasteiger partial charge in [0.15, 0.2) is 6.29 Å². The van der Waals surface area contributed by atoms with Crippen LogP contribution in [0, 0.1) is 10.1 Å². The normalized spacial score (nSPS) is 23.5. The maximum absolute atomic E-state index is 9.88. The molecule has 5 nitrogen and oxygen atoms in total. The number of hydrogen-bond donors (Lipinski definition) is 0. The van der Waals surface area contributed by atoms with Crippen LogP contribution in [0.3, 0.4) is 0 Å². The Bertz CT molecular complexity index is 187. The molecular formula is C8H13NO4. The van der Waals surface area contributed by atoms with Crippen molar-refractivity contribution in [1.29, 1.82) is 0 Å². The molecule has 1 atom stereocenters. The topological polar surface area (TPSA) is 61.6 Å². The highest BCUT2D eigenvalue weighted by molar-refractivity contribution is 4.71. The van der Waals surface area contributed by atoms with Crippen molar-refractivity contribution in [2.75, 3.05) is 13.2 Å². The molecule has 0 amide bonds. The van der Waals surface area contributed by atoms with Gasteiger partial charge in [0.25, 0.3) is 0 Å². The molecule has 1 fully saturated rings. The Morgan fingerprint density at radius 3 is 3.08 bits per heavy atom. The zero-order chi connectivity index (χ0) is 9.52. The van der Waals surface area contributed by atoms with Gasteiger partial charge in [-0.1, -0.05) is 0 Å². The summed E-state index contributed by atoms with van der Waals surface area (Å²) in [5, 5.41) is 9.88. The van der Waals surface area contributed by atoms with Gasteiger partial charge in [0.05, 0.1) is 11.5 Å². The van der Waals surface area contributed by atoms with Crippen molar-refractivity contribution in [3.63, 3.8) is 0 Å². The smallest absolute Gasteiger partial charge is 0.232 e. The van der Waals surface area contributed by atoms with Gasteiger partial charge in [-0.15, -0.1) is 0 Å². The van der Waals surface area contributed by atoms with Crippen LogP contribution < -0.4 is 0 Å². The minimum Gasteiger partial charge on any atom is -0.353 e. The summed E-state index contributed by atoms with van der Waals surface area (Å²) < 4.78 is 10.5. The summed E-state index contributed by atoms with van der Waals surface area (Å²) in [6, 6.07) is 0. The fraction of sp³-hybridized carbons (Fsp3) is 0.750. The molecule has 0 unspecified atom stereocenters. The molecule has 0 saturated carbocycles. The Balaban J connectivity index is 2.07. The highest BCUT2D eigenvalue weighted by atomic mass is 16.7. The maximum atomic E-state index is 9.88. The van der Waals surface area contributed by atoms with Gasteiger partial charge in [-0.05, 0) is 19.3 Å². The molecule has 0 aromatic carbocycles. The van der Waals surface area contributed by atoms with Crippen LogP contribution in [-0.4, -0.2) is 24.4 Å². The third kappa shape index (κ3) is 4.59. The van der Waals surface area contributed by atoms with Crippen molar-refractivity contribution < 1.29 is 14.4 Å². The molecule has 0 N–H and O–H groups in total. The quantitative estimate of drug-likeness (QED) is 0.492. The summed E-state index contributed by atoms with van der Waals surface area (Å²) in [5.74, 6) is 0. The van der Waals surface area contributed by atoms with E-state index in [2.05, 4.69) is 0 Å². The van der Waals surface area contributed by atoms with Gasteiger partial charge in [-0.3, -0.25) is 10.1 Å². The van der Waals surface area contributed by atoms with Crippen molar-refractivity contribution >= 4 is 0 Å². The van der Waals surface area contributed by atoms with Crippen LogP contribution in [0.1, 0.15) is 19.3 Å². The molecule has 1 aliphatic rings. The number of hydrogen-bond acceptors (Lipinski definition) is 4. The minimum absolute atomic E-state index is 0.176. The van der Waals surface area contributed by atoms with Gasteiger partial charge in [0.1, 0.15) is 0 Å². The SMILES string of the molecule is O=[N+]([O-])/C=C/CO[C@H]1CCCCO1. The van der Waals surface area contributed by atoms with Crippen LogP contribution in [0.5, 0.6) is 0 Å². The minimum atomic E-state index is -0.509. The van der Waals surface area contributed by atoms with Crippen LogP contribution in [0.25, 0.3) is 0 Å². The number of nitro groups is 1. The molecule has 0 aromatic rings. The van der Waals surface area contributed by atoms with E-state index in [-0.39, 0.29) is 12.9 Å². The number of nitrogens with zero attached hydrogens (tertiary/aromatic N) is 1. The second-order valence-corrected chi connectivity index (χ2v) is 2.80. The van der Waals surface area contributed by atoms with E-state index in [4.69, 9.17) is 9.47 Å². The lowest BCUT2D eigenvalue weighted by atomic mass is 10.2. The van der Waals surface area contributed by atoms with Gasteiger partial charge in [0.2, 0.25) is 6.20 Å². The van der Waals surface area contributed by atoms with Gasteiger partial charge >= 0.3 is 0 Å². The lowest BCUT2D eigenvalue weighted by Gasteiger charge is -2.21. The molecule has 0 spiro atoms. The van der Waals surface area contributed by atoms with E-state index < -0.39 is 4.92 Å². The molecular weight excluding hydrogens is 174 g/mol. The Labute approximate surface area is 76.5 Å². The Morgan fingerprint density at radius 1 is 1.62 bits per heavy atom. The molecule has 0 aromatic heterocycles. The van der Waals surface area contributed by atoms with E-state index in [1.165, 1.54) is 6.08 Å². The van der Waals surface area contributed by atoms with Crippen LogP contribution in [0.15, 0.2) is 12.3 Å². The highest BCUT2D eigenvalue weighted by Gasteiger charge is 2.12. The summed E-state index contributed by atoms with van der Waals surface area (Å²) in [7, 11) is 0. The average molecular weight is 187 g/mol. The molecule has 0 bridgehead atoms. The molecule has 1 rings (SSSR count). The van der Waals surface area contributed by atoms with Crippen molar-refractivity contribution in [3.8, 4) is 0 Å². The summed E-state index contributed by atoms with van der Waals surface area (Å²) in [6.07, 6.45) is 5.13. The lowest BCUT2D eigenvalue weighted by molar-refractivity contribution is -0.402. The van der Waals surface area contributed by atoms with Gasteiger partial charge < -0.3 is 9.47 Å². The Hall–Kier alpha value is -0.940. The van der Waals surface area contributed by atoms with E-state index >= 15 is 0 Å². The maximum Gasteiger partial charge on any atom is 0.232 e. The third-order valence-corrected chi connectivity index (χ3v) is 1.74. The predicted octanol–water partition coefficient (Wildman–Crippen LogP) is 1.32.